The van der Waals surface area contributed by atoms with Gasteiger partial charge >= 0.3 is 0 Å². The molecule has 2 aromatic rings. The molecule has 0 fully saturated rings. The van der Waals surface area contributed by atoms with Crippen molar-refractivity contribution >= 4 is 27.5 Å². The van der Waals surface area contributed by atoms with Crippen LogP contribution in [0.1, 0.15) is 58.6 Å². The Hall–Kier alpha value is -2.87. The number of carbonyl (C=O) groups excluding carboxylic acids is 2. The maximum Gasteiger partial charge on any atom is 0.244 e. The van der Waals surface area contributed by atoms with Crippen molar-refractivity contribution in [3.05, 3.63) is 65.7 Å². The van der Waals surface area contributed by atoms with E-state index < -0.39 is 34.1 Å². The van der Waals surface area contributed by atoms with Gasteiger partial charge < -0.3 is 10.2 Å². The zero-order valence-corrected chi connectivity index (χ0v) is 22.0. The third kappa shape index (κ3) is 7.87. The summed E-state index contributed by atoms with van der Waals surface area (Å²) in [4.78, 5) is 27.8. The maximum absolute atomic E-state index is 13.5. The Morgan fingerprint density at radius 3 is 1.97 bits per heavy atom. The molecule has 0 heterocycles. The van der Waals surface area contributed by atoms with Crippen LogP contribution in [-0.2, 0) is 26.2 Å². The smallest absolute Gasteiger partial charge is 0.244 e. The molecule has 2 amide bonds. The van der Waals surface area contributed by atoms with Gasteiger partial charge in [0.15, 0.2) is 0 Å². The topological polar surface area (TPSA) is 86.8 Å². The molecule has 1 unspecified atom stereocenters. The quantitative estimate of drug-likeness (QED) is 0.581. The Balaban J connectivity index is 2.37. The van der Waals surface area contributed by atoms with E-state index in [2.05, 4.69) is 19.2 Å². The second-order valence-corrected chi connectivity index (χ2v) is 11.8. The highest BCUT2D eigenvalue weighted by atomic mass is 32.2. The zero-order valence-electron chi connectivity index (χ0n) is 21.2. The van der Waals surface area contributed by atoms with Gasteiger partial charge in [0.1, 0.15) is 12.6 Å². The van der Waals surface area contributed by atoms with Crippen LogP contribution in [0.3, 0.4) is 0 Å². The predicted molar refractivity (Wildman–Crippen MR) is 137 cm³/mol. The molecular formula is C26H37N3O4S. The zero-order chi connectivity index (χ0) is 25.7. The van der Waals surface area contributed by atoms with Gasteiger partial charge in [0, 0.05) is 12.1 Å². The number of anilines is 1. The standard InChI is InChI=1S/C26H37N3O4S/c1-19(2)22-13-15-23(16-14-22)29(34(7,32)33)18-24(30)28(17-21-11-9-8-10-12-21)20(3)25(31)27-26(4,5)6/h8-16,19-20H,17-18H2,1-7H3,(H,27,31). The lowest BCUT2D eigenvalue weighted by atomic mass is 10.0. The molecule has 8 heteroatoms. The van der Waals surface area contributed by atoms with Gasteiger partial charge in [-0.3, -0.25) is 13.9 Å². The lowest BCUT2D eigenvalue weighted by Crippen LogP contribution is -2.54. The SMILES string of the molecule is CC(C)c1ccc(N(CC(=O)N(Cc2ccccc2)C(C)C(=O)NC(C)(C)C)S(C)(=O)=O)cc1. The summed E-state index contributed by atoms with van der Waals surface area (Å²) in [7, 11) is -3.74. The molecule has 0 spiro atoms. The Bertz CT molecular complexity index is 1080. The molecule has 0 radical (unpaired) electrons. The lowest BCUT2D eigenvalue weighted by Gasteiger charge is -2.33. The highest BCUT2D eigenvalue weighted by Gasteiger charge is 2.31. The molecule has 34 heavy (non-hydrogen) atoms. The fourth-order valence-electron chi connectivity index (χ4n) is 3.48. The minimum Gasteiger partial charge on any atom is -0.350 e. The first kappa shape index (κ1) is 27.4. The van der Waals surface area contributed by atoms with Crippen LogP contribution in [0.2, 0.25) is 0 Å². The van der Waals surface area contributed by atoms with Gasteiger partial charge in [-0.2, -0.15) is 0 Å². The van der Waals surface area contributed by atoms with Crippen molar-refractivity contribution in [2.75, 3.05) is 17.1 Å². The molecule has 0 saturated heterocycles. The monoisotopic (exact) mass is 487 g/mol. The highest BCUT2D eigenvalue weighted by molar-refractivity contribution is 7.92. The Kier molecular flexibility index (Phi) is 8.89. The number of hydrogen-bond acceptors (Lipinski definition) is 4. The van der Waals surface area contributed by atoms with E-state index in [0.717, 1.165) is 21.7 Å². The highest BCUT2D eigenvalue weighted by Crippen LogP contribution is 2.23. The lowest BCUT2D eigenvalue weighted by molar-refractivity contribution is -0.140. The van der Waals surface area contributed by atoms with Crippen molar-refractivity contribution in [2.45, 2.75) is 65.6 Å². The van der Waals surface area contributed by atoms with Gasteiger partial charge in [-0.15, -0.1) is 0 Å². The molecule has 0 aromatic heterocycles. The van der Waals surface area contributed by atoms with Crippen molar-refractivity contribution in [3.8, 4) is 0 Å². The van der Waals surface area contributed by atoms with Crippen LogP contribution in [0.25, 0.3) is 0 Å². The van der Waals surface area contributed by atoms with E-state index in [1.807, 2.05) is 63.2 Å². The van der Waals surface area contributed by atoms with Crippen LogP contribution < -0.4 is 9.62 Å². The van der Waals surface area contributed by atoms with E-state index >= 15 is 0 Å². The number of hydrogen-bond donors (Lipinski definition) is 1. The number of amides is 2. The summed E-state index contributed by atoms with van der Waals surface area (Å²) in [6.45, 7) is 11.1. The van der Waals surface area contributed by atoms with Crippen molar-refractivity contribution in [2.24, 2.45) is 0 Å². The fourth-order valence-corrected chi connectivity index (χ4v) is 4.33. The third-order valence-electron chi connectivity index (χ3n) is 5.39. The first-order valence-electron chi connectivity index (χ1n) is 11.4. The van der Waals surface area contributed by atoms with Crippen LogP contribution in [0.4, 0.5) is 5.69 Å². The number of nitrogens with one attached hydrogen (secondary N) is 1. The van der Waals surface area contributed by atoms with Crippen LogP contribution in [0.5, 0.6) is 0 Å². The van der Waals surface area contributed by atoms with E-state index in [0.29, 0.717) is 11.6 Å². The number of carbonyl (C=O) groups is 2. The van der Waals surface area contributed by atoms with Crippen molar-refractivity contribution in [1.29, 1.82) is 0 Å². The van der Waals surface area contributed by atoms with E-state index in [1.54, 1.807) is 19.1 Å². The molecule has 0 aliphatic rings. The Labute approximate surface area is 204 Å². The summed E-state index contributed by atoms with van der Waals surface area (Å²) in [5.41, 5.74) is 1.86. The third-order valence-corrected chi connectivity index (χ3v) is 6.53. The van der Waals surface area contributed by atoms with Gasteiger partial charge in [-0.1, -0.05) is 56.3 Å². The maximum atomic E-state index is 13.5. The first-order valence-corrected chi connectivity index (χ1v) is 13.3. The van der Waals surface area contributed by atoms with Crippen molar-refractivity contribution in [3.63, 3.8) is 0 Å². The number of benzene rings is 2. The van der Waals surface area contributed by atoms with E-state index in [9.17, 15) is 18.0 Å². The minimum atomic E-state index is -3.74. The van der Waals surface area contributed by atoms with Gasteiger partial charge in [0.2, 0.25) is 21.8 Å². The molecule has 7 nitrogen and oxygen atoms in total. The van der Waals surface area contributed by atoms with Crippen LogP contribution in [0.15, 0.2) is 54.6 Å². The molecule has 1 atom stereocenters. The summed E-state index contributed by atoms with van der Waals surface area (Å²) in [5, 5.41) is 2.91. The summed E-state index contributed by atoms with van der Waals surface area (Å²) in [6.07, 6.45) is 1.08. The Morgan fingerprint density at radius 1 is 0.941 bits per heavy atom. The Morgan fingerprint density at radius 2 is 1.50 bits per heavy atom. The molecule has 2 rings (SSSR count). The largest absolute Gasteiger partial charge is 0.350 e. The number of nitrogens with zero attached hydrogens (tertiary/aromatic N) is 2. The summed E-state index contributed by atoms with van der Waals surface area (Å²) in [6, 6.07) is 15.7. The van der Waals surface area contributed by atoms with Gasteiger partial charge in [0.25, 0.3) is 0 Å². The van der Waals surface area contributed by atoms with Gasteiger partial charge in [-0.25, -0.2) is 8.42 Å². The average molecular weight is 488 g/mol. The summed E-state index contributed by atoms with van der Waals surface area (Å²) < 4.78 is 26.4. The molecule has 186 valence electrons. The molecule has 0 aliphatic carbocycles. The number of rotatable bonds is 9. The second-order valence-electron chi connectivity index (χ2n) is 9.94. The van der Waals surface area contributed by atoms with E-state index in [1.165, 1.54) is 4.90 Å². The van der Waals surface area contributed by atoms with Gasteiger partial charge in [0.05, 0.1) is 11.9 Å². The molecule has 1 N–H and O–H groups in total. The van der Waals surface area contributed by atoms with Crippen LogP contribution >= 0.6 is 0 Å². The molecule has 2 aromatic carbocycles. The van der Waals surface area contributed by atoms with Crippen LogP contribution in [0, 0.1) is 0 Å². The molecule has 0 bridgehead atoms. The fraction of sp³-hybridized carbons (Fsp3) is 0.462. The van der Waals surface area contributed by atoms with E-state index in [-0.39, 0.29) is 12.5 Å². The van der Waals surface area contributed by atoms with Crippen molar-refractivity contribution < 1.29 is 18.0 Å². The second kappa shape index (κ2) is 11.0. The van der Waals surface area contributed by atoms with Crippen LogP contribution in [-0.4, -0.2) is 49.5 Å². The molecule has 0 aliphatic heterocycles. The van der Waals surface area contributed by atoms with E-state index in [4.69, 9.17) is 0 Å². The minimum absolute atomic E-state index is 0.183. The first-order chi connectivity index (χ1) is 15.7. The van der Waals surface area contributed by atoms with Gasteiger partial charge in [-0.05, 0) is 56.9 Å². The normalized spacial score (nSPS) is 12.8. The molecular weight excluding hydrogens is 450 g/mol. The summed E-state index contributed by atoms with van der Waals surface area (Å²) >= 11 is 0. The number of sulfonamides is 1. The summed E-state index contributed by atoms with van der Waals surface area (Å²) in [5.74, 6) is -0.464. The average Bonchev–Trinajstić information content (AvgIpc) is 2.74. The van der Waals surface area contributed by atoms with Crippen molar-refractivity contribution in [1.82, 2.24) is 10.2 Å². The predicted octanol–water partition coefficient (Wildman–Crippen LogP) is 3.91. The molecule has 0 saturated carbocycles.